The van der Waals surface area contributed by atoms with Crippen LogP contribution in [0, 0.1) is 18.3 Å². The summed E-state index contributed by atoms with van der Waals surface area (Å²) in [6.45, 7) is 19.2. The largest absolute Gasteiger partial charge is 0.490 e. The van der Waals surface area contributed by atoms with Gasteiger partial charge in [0, 0.05) is 39.3 Å². The normalized spacial score (nSPS) is 19.7. The zero-order valence-corrected chi connectivity index (χ0v) is 34.7. The molecule has 3 aromatic carbocycles. The van der Waals surface area contributed by atoms with Crippen molar-refractivity contribution in [2.45, 2.75) is 108 Å². The van der Waals surface area contributed by atoms with Crippen LogP contribution < -0.4 is 9.64 Å². The Morgan fingerprint density at radius 2 is 1.55 bits per heavy atom. The molecule has 0 bridgehead atoms. The summed E-state index contributed by atoms with van der Waals surface area (Å²) in [6.07, 6.45) is 0.262. The van der Waals surface area contributed by atoms with E-state index in [0.29, 0.717) is 42.9 Å². The third-order valence-corrected chi connectivity index (χ3v) is 19.1. The second-order valence-corrected chi connectivity index (χ2v) is 22.9. The van der Waals surface area contributed by atoms with E-state index in [1.165, 1.54) is 0 Å². The lowest BCUT2D eigenvalue weighted by atomic mass is 9.85. The molecule has 11 heteroatoms. The number of fused-ring (bicyclic) bond motifs is 1. The summed E-state index contributed by atoms with van der Waals surface area (Å²) >= 11 is 0. The first-order valence-corrected chi connectivity index (χ1v) is 22.7. The molecule has 53 heavy (non-hydrogen) atoms. The van der Waals surface area contributed by atoms with Gasteiger partial charge in [0.2, 0.25) is 18.3 Å². The van der Waals surface area contributed by atoms with Crippen LogP contribution >= 0.6 is 0 Å². The van der Waals surface area contributed by atoms with Gasteiger partial charge in [0.25, 0.3) is 0 Å². The molecule has 2 aliphatic heterocycles. The van der Waals surface area contributed by atoms with Crippen LogP contribution in [0.2, 0.25) is 16.6 Å². The Balaban J connectivity index is 1.57. The van der Waals surface area contributed by atoms with Gasteiger partial charge in [-0.15, -0.1) is 0 Å². The molecule has 3 atom stereocenters. The topological polar surface area (TPSA) is 101 Å². The van der Waals surface area contributed by atoms with Crippen molar-refractivity contribution in [3.05, 3.63) is 89.0 Å². The number of hydrogen-bond acceptors (Lipinski definition) is 8. The molecule has 2 aliphatic rings. The van der Waals surface area contributed by atoms with E-state index in [4.69, 9.17) is 18.6 Å². The van der Waals surface area contributed by atoms with Crippen molar-refractivity contribution in [2.24, 2.45) is 0 Å². The lowest BCUT2D eigenvalue weighted by Crippen LogP contribution is -2.59. The van der Waals surface area contributed by atoms with Gasteiger partial charge in [-0.2, -0.15) is 9.57 Å². The van der Waals surface area contributed by atoms with Crippen molar-refractivity contribution in [3.63, 3.8) is 0 Å². The first-order chi connectivity index (χ1) is 25.3. The van der Waals surface area contributed by atoms with E-state index in [1.807, 2.05) is 43.3 Å². The molecule has 3 aromatic rings. The third-order valence-electron chi connectivity index (χ3n) is 11.2. The summed E-state index contributed by atoms with van der Waals surface area (Å²) in [5.74, 6) is 0.608. The highest BCUT2D eigenvalue weighted by Crippen LogP contribution is 2.46. The first-order valence-electron chi connectivity index (χ1n) is 19.1. The van der Waals surface area contributed by atoms with Crippen LogP contribution in [-0.2, 0) is 37.0 Å². The lowest BCUT2D eigenvalue weighted by molar-refractivity contribution is -0.0504. The number of nitriles is 1. The smallest absolute Gasteiger partial charge is 0.243 e. The quantitative estimate of drug-likeness (QED) is 0.106. The summed E-state index contributed by atoms with van der Waals surface area (Å²) in [4.78, 5) is 2.60. The number of rotatable bonds is 16. The summed E-state index contributed by atoms with van der Waals surface area (Å²) in [5.41, 5.74) is 5.88. The molecule has 0 saturated carbocycles. The van der Waals surface area contributed by atoms with Gasteiger partial charge in [-0.25, -0.2) is 8.42 Å². The van der Waals surface area contributed by atoms with E-state index >= 15 is 0 Å². The Morgan fingerprint density at radius 1 is 0.906 bits per heavy atom. The molecule has 0 aromatic heterocycles. The van der Waals surface area contributed by atoms with E-state index in [0.717, 1.165) is 53.2 Å². The fourth-order valence-corrected chi connectivity index (χ4v) is 15.6. The SMILES string of the molecule is COCCCN1CCOc2ccc(CO[C@H]3CN(S(=O)(=O)c4ccc(C)cc4)CC(O[Si](C(C)C)(C(C)C)C(C)C)C3c3ccc(CC#N)cc3)cc21. The number of nitrogens with zero attached hydrogens (tertiary/aromatic N) is 3. The highest BCUT2D eigenvalue weighted by Gasteiger charge is 2.51. The average molecular weight is 762 g/mol. The van der Waals surface area contributed by atoms with Crippen LogP contribution in [-0.4, -0.2) is 79.8 Å². The Labute approximate surface area is 319 Å². The van der Waals surface area contributed by atoms with Crippen molar-refractivity contribution in [1.29, 1.82) is 5.26 Å². The molecule has 0 N–H and O–H groups in total. The number of anilines is 1. The number of hydrogen-bond donors (Lipinski definition) is 0. The van der Waals surface area contributed by atoms with Gasteiger partial charge >= 0.3 is 0 Å². The second kappa shape index (κ2) is 17.9. The van der Waals surface area contributed by atoms with Crippen molar-refractivity contribution in [2.75, 3.05) is 51.4 Å². The van der Waals surface area contributed by atoms with Crippen LogP contribution in [0.25, 0.3) is 0 Å². The predicted octanol–water partition coefficient (Wildman–Crippen LogP) is 8.23. The number of ether oxygens (including phenoxy) is 3. The van der Waals surface area contributed by atoms with Gasteiger partial charge in [0.05, 0.1) is 48.4 Å². The average Bonchev–Trinajstić information content (AvgIpc) is 3.13. The van der Waals surface area contributed by atoms with E-state index < -0.39 is 30.5 Å². The van der Waals surface area contributed by atoms with Crippen LogP contribution in [0.15, 0.2) is 71.6 Å². The molecule has 0 radical (unpaired) electrons. The molecule has 2 unspecified atom stereocenters. The molecule has 2 heterocycles. The van der Waals surface area contributed by atoms with Crippen molar-refractivity contribution in [3.8, 4) is 11.8 Å². The molecule has 1 fully saturated rings. The second-order valence-electron chi connectivity index (χ2n) is 15.5. The lowest BCUT2D eigenvalue weighted by Gasteiger charge is -2.50. The van der Waals surface area contributed by atoms with Gasteiger partial charge in [-0.05, 0) is 70.9 Å². The molecular weight excluding hydrogens is 703 g/mol. The van der Waals surface area contributed by atoms with Gasteiger partial charge in [-0.1, -0.05) is 89.6 Å². The number of aryl methyl sites for hydroxylation is 1. The molecule has 9 nitrogen and oxygen atoms in total. The molecular formula is C42H59N3O6SSi. The fourth-order valence-electron chi connectivity index (χ4n) is 8.56. The first kappa shape index (κ1) is 40.9. The van der Waals surface area contributed by atoms with Crippen LogP contribution in [0.4, 0.5) is 5.69 Å². The minimum atomic E-state index is -3.87. The minimum Gasteiger partial charge on any atom is -0.490 e. The maximum absolute atomic E-state index is 14.5. The molecule has 0 amide bonds. The van der Waals surface area contributed by atoms with Gasteiger partial charge in [0.15, 0.2) is 0 Å². The maximum Gasteiger partial charge on any atom is 0.243 e. The minimum absolute atomic E-state index is 0.178. The highest BCUT2D eigenvalue weighted by atomic mass is 32.2. The van der Waals surface area contributed by atoms with Crippen molar-refractivity contribution >= 4 is 24.0 Å². The molecule has 288 valence electrons. The molecule has 1 saturated heterocycles. The standard InChI is InChI=1S/C42H59N3O6SSi/c1-30(2)53(31(3)4,32(5)6)51-41-28-45(52(46,47)37-17-10-33(7)11-18-37)27-40(42(41)36-15-12-34(13-16-36)20-21-43)50-29-35-14-19-39-38(26-35)44(23-25-49-39)22-9-24-48-8/h10-19,26,30-32,40-42H,9,20,22-25,27-29H2,1-8H3/t40-,41?,42?/m0/s1. The van der Waals surface area contributed by atoms with Crippen LogP contribution in [0.5, 0.6) is 5.75 Å². The number of benzene rings is 3. The Bertz CT molecular complexity index is 1770. The van der Waals surface area contributed by atoms with E-state index in [2.05, 4.69) is 70.7 Å². The highest BCUT2D eigenvalue weighted by molar-refractivity contribution is 7.89. The van der Waals surface area contributed by atoms with Crippen molar-refractivity contribution in [1.82, 2.24) is 4.31 Å². The van der Waals surface area contributed by atoms with Crippen LogP contribution in [0.1, 0.15) is 76.1 Å². The van der Waals surface area contributed by atoms with Crippen LogP contribution in [0.3, 0.4) is 0 Å². The molecule has 0 aliphatic carbocycles. The number of methoxy groups -OCH3 is 1. The van der Waals surface area contributed by atoms with E-state index in [1.54, 1.807) is 23.5 Å². The van der Waals surface area contributed by atoms with Crippen molar-refractivity contribution < 1.29 is 27.1 Å². The Kier molecular flexibility index (Phi) is 13.8. The van der Waals surface area contributed by atoms with E-state index in [-0.39, 0.29) is 23.9 Å². The summed E-state index contributed by atoms with van der Waals surface area (Å²) in [5, 5.41) is 9.38. The molecule has 5 rings (SSSR count). The maximum atomic E-state index is 14.5. The summed E-state index contributed by atoms with van der Waals surface area (Å²) < 4.78 is 56.4. The monoisotopic (exact) mass is 761 g/mol. The van der Waals surface area contributed by atoms with Gasteiger partial charge in [0.1, 0.15) is 12.4 Å². The fraction of sp³-hybridized carbons (Fsp3) is 0.548. The zero-order chi connectivity index (χ0) is 38.3. The van der Waals surface area contributed by atoms with Gasteiger partial charge < -0.3 is 23.5 Å². The zero-order valence-electron chi connectivity index (χ0n) is 32.9. The third kappa shape index (κ3) is 9.18. The Hall–Kier alpha value is -3.24. The summed E-state index contributed by atoms with van der Waals surface area (Å²) in [7, 11) is -4.64. The summed E-state index contributed by atoms with van der Waals surface area (Å²) in [6, 6.07) is 23.7. The predicted molar refractivity (Wildman–Crippen MR) is 214 cm³/mol. The van der Waals surface area contributed by atoms with E-state index in [9.17, 15) is 13.7 Å². The Morgan fingerprint density at radius 3 is 2.17 bits per heavy atom. The molecule has 0 spiro atoms. The van der Waals surface area contributed by atoms with Gasteiger partial charge in [-0.3, -0.25) is 0 Å². The number of sulfonamides is 1. The number of piperidine rings is 1.